The van der Waals surface area contributed by atoms with Gasteiger partial charge < -0.3 is 36.9 Å². The Morgan fingerprint density at radius 3 is 2.13 bits per heavy atom. The molecule has 0 aliphatic rings. The Bertz CT molecular complexity index is 1340. The first-order chi connectivity index (χ1) is 18.5. The summed E-state index contributed by atoms with van der Waals surface area (Å²) in [4.78, 5) is 64.3. The summed E-state index contributed by atoms with van der Waals surface area (Å²) in [6, 6.07) is 11.2. The van der Waals surface area contributed by atoms with Gasteiger partial charge in [-0.2, -0.15) is 0 Å². The van der Waals surface area contributed by atoms with Crippen LogP contribution in [0.25, 0.3) is 10.9 Å². The summed E-state index contributed by atoms with van der Waals surface area (Å²) in [5.41, 5.74) is 7.88. The smallest absolute Gasteiger partial charge is 0.326 e. The molecule has 12 nitrogen and oxygen atoms in total. The number of nitrogens with two attached hydrogens (primary N) is 1. The molecule has 3 aromatic rings. The van der Waals surface area contributed by atoms with E-state index < -0.39 is 60.2 Å². The fourth-order valence-electron chi connectivity index (χ4n) is 4.02. The average molecular weight is 538 g/mol. The fraction of sp³-hybridized carbons (Fsp3) is 0.296. The first-order valence-electron chi connectivity index (χ1n) is 12.3. The number of amides is 3. The molecule has 39 heavy (non-hydrogen) atoms. The van der Waals surface area contributed by atoms with E-state index >= 15 is 0 Å². The molecule has 0 saturated carbocycles. The van der Waals surface area contributed by atoms with Crippen molar-refractivity contribution in [1.82, 2.24) is 20.9 Å². The Morgan fingerprint density at radius 2 is 1.46 bits per heavy atom. The zero-order chi connectivity index (χ0) is 28.5. The lowest BCUT2D eigenvalue weighted by Gasteiger charge is -2.23. The van der Waals surface area contributed by atoms with E-state index in [2.05, 4.69) is 20.9 Å². The van der Waals surface area contributed by atoms with Gasteiger partial charge in [0.2, 0.25) is 17.7 Å². The van der Waals surface area contributed by atoms with Crippen LogP contribution in [0, 0.1) is 0 Å². The largest absolute Gasteiger partial charge is 0.481 e. The van der Waals surface area contributed by atoms with Crippen LogP contribution in [0.1, 0.15) is 24.5 Å². The van der Waals surface area contributed by atoms with E-state index in [4.69, 9.17) is 10.8 Å². The van der Waals surface area contributed by atoms with Crippen molar-refractivity contribution in [3.05, 3.63) is 71.9 Å². The quantitative estimate of drug-likeness (QED) is 0.161. The second kappa shape index (κ2) is 13.2. The highest BCUT2D eigenvalue weighted by Crippen LogP contribution is 2.19. The Kier molecular flexibility index (Phi) is 9.76. The summed E-state index contributed by atoms with van der Waals surface area (Å²) < 4.78 is 0. The third kappa shape index (κ3) is 8.14. The highest BCUT2D eigenvalue weighted by atomic mass is 16.4. The number of rotatable bonds is 13. The van der Waals surface area contributed by atoms with Crippen molar-refractivity contribution >= 4 is 40.6 Å². The predicted octanol–water partition coefficient (Wildman–Crippen LogP) is 0.314. The van der Waals surface area contributed by atoms with Crippen LogP contribution < -0.4 is 21.7 Å². The summed E-state index contributed by atoms with van der Waals surface area (Å²) in [6.07, 6.45) is 1.12. The molecule has 1 aromatic heterocycles. The van der Waals surface area contributed by atoms with Gasteiger partial charge in [-0.25, -0.2) is 4.79 Å². The molecule has 8 N–H and O–H groups in total. The number of nitrogens with one attached hydrogen (secondary N) is 4. The molecule has 2 aromatic carbocycles. The van der Waals surface area contributed by atoms with E-state index in [9.17, 15) is 29.1 Å². The van der Waals surface area contributed by atoms with Crippen molar-refractivity contribution in [3.63, 3.8) is 0 Å². The molecule has 206 valence electrons. The standard InChI is InChI=1S/C27H31N5O7/c1-15(24(35)32-22(27(38)39)12-17-14-29-20-10-6-5-9-18(17)20)30-26(37)21(11-16-7-3-2-4-8-16)31-25(36)19(28)13-23(33)34/h2-10,14-15,19,21-22,29H,11-13,28H2,1H3,(H,30,37)(H,31,36)(H,32,35)(H,33,34)(H,38,39). The second-order valence-corrected chi connectivity index (χ2v) is 9.15. The van der Waals surface area contributed by atoms with Gasteiger partial charge in [0.05, 0.1) is 12.5 Å². The first-order valence-corrected chi connectivity index (χ1v) is 12.3. The molecule has 1 heterocycles. The van der Waals surface area contributed by atoms with Crippen molar-refractivity contribution in [3.8, 4) is 0 Å². The SMILES string of the molecule is CC(NC(=O)C(Cc1ccccc1)NC(=O)C(N)CC(=O)O)C(=O)NC(Cc1c[nH]c2ccccc12)C(=O)O. The van der Waals surface area contributed by atoms with Crippen molar-refractivity contribution in [1.29, 1.82) is 0 Å². The molecule has 0 radical (unpaired) electrons. The zero-order valence-corrected chi connectivity index (χ0v) is 21.2. The number of H-pyrrole nitrogens is 1. The topological polar surface area (TPSA) is 204 Å². The van der Waals surface area contributed by atoms with E-state index in [1.54, 1.807) is 36.5 Å². The maximum atomic E-state index is 13.1. The van der Waals surface area contributed by atoms with Crippen molar-refractivity contribution in [2.24, 2.45) is 5.73 Å². The van der Waals surface area contributed by atoms with Crippen LogP contribution in [0.3, 0.4) is 0 Å². The van der Waals surface area contributed by atoms with Gasteiger partial charge in [-0.15, -0.1) is 0 Å². The van der Waals surface area contributed by atoms with Gasteiger partial charge >= 0.3 is 11.9 Å². The fourth-order valence-corrected chi connectivity index (χ4v) is 4.02. The minimum Gasteiger partial charge on any atom is -0.481 e. The Balaban J connectivity index is 1.67. The Morgan fingerprint density at radius 1 is 0.821 bits per heavy atom. The normalized spacial score (nSPS) is 14.0. The number of hydrogen-bond acceptors (Lipinski definition) is 6. The minimum atomic E-state index is -1.38. The Hall–Kier alpha value is -4.71. The molecule has 0 spiro atoms. The van der Waals surface area contributed by atoms with E-state index in [-0.39, 0.29) is 12.8 Å². The van der Waals surface area contributed by atoms with E-state index in [1.165, 1.54) is 6.92 Å². The van der Waals surface area contributed by atoms with Crippen LogP contribution in [-0.2, 0) is 36.8 Å². The first kappa shape index (κ1) is 28.9. The number of hydrogen-bond donors (Lipinski definition) is 7. The van der Waals surface area contributed by atoms with Gasteiger partial charge in [-0.3, -0.25) is 19.2 Å². The number of aliphatic carboxylic acids is 2. The molecule has 0 bridgehead atoms. The Labute approximate surface area is 224 Å². The molecular formula is C27H31N5O7. The lowest BCUT2D eigenvalue weighted by Crippen LogP contribution is -2.57. The highest BCUT2D eigenvalue weighted by Gasteiger charge is 2.29. The van der Waals surface area contributed by atoms with Gasteiger partial charge in [-0.1, -0.05) is 48.5 Å². The zero-order valence-electron chi connectivity index (χ0n) is 21.2. The lowest BCUT2D eigenvalue weighted by molar-refractivity contribution is -0.142. The number of aromatic amines is 1. The van der Waals surface area contributed by atoms with Crippen molar-refractivity contribution in [2.45, 2.75) is 50.4 Å². The van der Waals surface area contributed by atoms with E-state index in [1.807, 2.05) is 24.3 Å². The number of carboxylic acid groups (broad SMARTS) is 2. The maximum Gasteiger partial charge on any atom is 0.326 e. The molecule has 0 aliphatic carbocycles. The van der Waals surface area contributed by atoms with Gasteiger partial charge in [0.25, 0.3) is 0 Å². The number of carbonyl (C=O) groups is 5. The molecule has 0 saturated heterocycles. The van der Waals surface area contributed by atoms with Crippen LogP contribution in [-0.4, -0.2) is 69.0 Å². The van der Waals surface area contributed by atoms with E-state index in [0.29, 0.717) is 11.1 Å². The van der Waals surface area contributed by atoms with Crippen molar-refractivity contribution in [2.75, 3.05) is 0 Å². The number of para-hydroxylation sites is 1. The molecule has 3 amide bonds. The highest BCUT2D eigenvalue weighted by molar-refractivity contribution is 5.95. The predicted molar refractivity (Wildman–Crippen MR) is 141 cm³/mol. The molecule has 4 unspecified atom stereocenters. The summed E-state index contributed by atoms with van der Waals surface area (Å²) >= 11 is 0. The summed E-state index contributed by atoms with van der Waals surface area (Å²) in [6.45, 7) is 1.38. The molecule has 4 atom stereocenters. The third-order valence-electron chi connectivity index (χ3n) is 6.11. The third-order valence-corrected chi connectivity index (χ3v) is 6.11. The van der Waals surface area contributed by atoms with Crippen LogP contribution in [0.4, 0.5) is 0 Å². The molecule has 0 fully saturated rings. The van der Waals surface area contributed by atoms with Gasteiger partial charge in [-0.05, 0) is 24.1 Å². The van der Waals surface area contributed by atoms with Gasteiger partial charge in [0, 0.05) is 29.9 Å². The molecule has 0 aliphatic heterocycles. The average Bonchev–Trinajstić information content (AvgIpc) is 3.30. The monoisotopic (exact) mass is 537 g/mol. The van der Waals surface area contributed by atoms with Crippen LogP contribution in [0.2, 0.25) is 0 Å². The number of aromatic nitrogens is 1. The second-order valence-electron chi connectivity index (χ2n) is 9.15. The molecular weight excluding hydrogens is 506 g/mol. The van der Waals surface area contributed by atoms with Gasteiger partial charge in [0.15, 0.2) is 0 Å². The number of carboxylic acids is 2. The maximum absolute atomic E-state index is 13.1. The summed E-state index contributed by atoms with van der Waals surface area (Å²) in [5.74, 6) is -4.81. The number of fused-ring (bicyclic) bond motifs is 1. The number of benzene rings is 2. The van der Waals surface area contributed by atoms with Crippen molar-refractivity contribution < 1.29 is 34.2 Å². The lowest BCUT2D eigenvalue weighted by atomic mass is 10.0. The van der Waals surface area contributed by atoms with Crippen LogP contribution in [0.15, 0.2) is 60.8 Å². The number of carbonyl (C=O) groups excluding carboxylic acids is 3. The summed E-state index contributed by atoms with van der Waals surface area (Å²) in [5, 5.41) is 26.9. The molecule has 12 heteroatoms. The van der Waals surface area contributed by atoms with E-state index in [0.717, 1.165) is 10.9 Å². The van der Waals surface area contributed by atoms with Gasteiger partial charge in [0.1, 0.15) is 18.1 Å². The summed E-state index contributed by atoms with van der Waals surface area (Å²) in [7, 11) is 0. The van der Waals surface area contributed by atoms with Crippen LogP contribution in [0.5, 0.6) is 0 Å². The van der Waals surface area contributed by atoms with Crippen LogP contribution >= 0.6 is 0 Å². The minimum absolute atomic E-state index is 0.0138. The molecule has 3 rings (SSSR count).